The predicted octanol–water partition coefficient (Wildman–Crippen LogP) is 0.501. The molecule has 7 heavy (non-hydrogen) atoms. The average Bonchev–Trinajstić information content (AvgIpc) is 1.91. The molecule has 1 aromatic rings. The zero-order valence-electron chi connectivity index (χ0n) is 3.94. The van der Waals surface area contributed by atoms with Gasteiger partial charge in [-0.05, 0) is 15.9 Å². The highest BCUT2D eigenvalue weighted by Gasteiger charge is 1.89. The maximum atomic E-state index is 3.41. The molecule has 0 amide bonds. The number of thiophene rings is 1. The Bertz CT molecular complexity index is 144. The standard InChI is InChI=1S/C4H5BrSSi/c5-3-1-2-6-4(3)7/h1-2H,7H3. The quantitative estimate of drug-likeness (QED) is 0.526. The maximum absolute atomic E-state index is 3.41. The minimum atomic E-state index is 1.17. The lowest BCUT2D eigenvalue weighted by molar-refractivity contribution is 1.95. The van der Waals surface area contributed by atoms with E-state index >= 15 is 0 Å². The normalized spacial score (nSPS) is 9.86. The van der Waals surface area contributed by atoms with E-state index in [0.717, 1.165) is 0 Å². The minimum absolute atomic E-state index is 1.17. The second-order valence-electron chi connectivity index (χ2n) is 1.32. The molecule has 1 heterocycles. The minimum Gasteiger partial charge on any atom is -0.153 e. The van der Waals surface area contributed by atoms with E-state index < -0.39 is 0 Å². The topological polar surface area (TPSA) is 0 Å². The number of hydrogen-bond acceptors (Lipinski definition) is 1. The lowest BCUT2D eigenvalue weighted by atomic mass is 10.7. The third kappa shape index (κ3) is 1.14. The van der Waals surface area contributed by atoms with E-state index in [1.54, 1.807) is 0 Å². The second kappa shape index (κ2) is 2.11. The summed E-state index contributed by atoms with van der Waals surface area (Å²) in [6, 6.07) is 2.09. The lowest BCUT2D eigenvalue weighted by Crippen LogP contribution is -1.92. The fourth-order valence-corrected chi connectivity index (χ4v) is 2.12. The fourth-order valence-electron chi connectivity index (χ4n) is 0.369. The van der Waals surface area contributed by atoms with Crippen molar-refractivity contribution in [2.24, 2.45) is 0 Å². The summed E-state index contributed by atoms with van der Waals surface area (Å²) in [5.74, 6) is 0. The van der Waals surface area contributed by atoms with Crippen LogP contribution in [0.4, 0.5) is 0 Å². The molecule has 0 radical (unpaired) electrons. The summed E-state index contributed by atoms with van der Waals surface area (Å²) in [6.45, 7) is 0. The molecular formula is C4H5BrSSi. The van der Waals surface area contributed by atoms with E-state index in [1.165, 1.54) is 19.2 Å². The van der Waals surface area contributed by atoms with Crippen LogP contribution in [0.25, 0.3) is 0 Å². The first-order chi connectivity index (χ1) is 3.30. The smallest absolute Gasteiger partial charge is 0.0529 e. The summed E-state index contributed by atoms with van der Waals surface area (Å²) in [5.41, 5.74) is 0. The van der Waals surface area contributed by atoms with E-state index in [2.05, 4.69) is 27.4 Å². The van der Waals surface area contributed by atoms with E-state index in [1.807, 2.05) is 11.3 Å². The van der Waals surface area contributed by atoms with Crippen LogP contribution in [0, 0.1) is 0 Å². The Balaban J connectivity index is 3.12. The molecule has 0 unspecified atom stereocenters. The van der Waals surface area contributed by atoms with Crippen molar-refractivity contribution >= 4 is 42.0 Å². The van der Waals surface area contributed by atoms with Gasteiger partial charge in [-0.15, -0.1) is 0 Å². The molecule has 1 aromatic heterocycles. The zero-order chi connectivity index (χ0) is 5.28. The molecule has 3 heteroatoms. The highest BCUT2D eigenvalue weighted by molar-refractivity contribution is 9.10. The van der Waals surface area contributed by atoms with Crippen LogP contribution < -0.4 is 4.50 Å². The Hall–Kier alpha value is 0.397. The van der Waals surface area contributed by atoms with Gasteiger partial charge in [0, 0.05) is 4.47 Å². The molecule has 0 aliphatic heterocycles. The van der Waals surface area contributed by atoms with Crippen LogP contribution in [0.3, 0.4) is 0 Å². The summed E-state index contributed by atoms with van der Waals surface area (Å²) in [6.07, 6.45) is 0. The molecule has 0 spiro atoms. The predicted molar refractivity (Wildman–Crippen MR) is 41.6 cm³/mol. The maximum Gasteiger partial charge on any atom is 0.0529 e. The van der Waals surface area contributed by atoms with Crippen LogP contribution >= 0.6 is 27.3 Å². The van der Waals surface area contributed by atoms with Crippen LogP contribution in [0.2, 0.25) is 0 Å². The molecule has 0 aromatic carbocycles. The molecule has 38 valence electrons. The average molecular weight is 193 g/mol. The molecule has 0 nitrogen and oxygen atoms in total. The van der Waals surface area contributed by atoms with Gasteiger partial charge >= 0.3 is 0 Å². The molecule has 0 bridgehead atoms. The van der Waals surface area contributed by atoms with Crippen molar-refractivity contribution < 1.29 is 0 Å². The van der Waals surface area contributed by atoms with Gasteiger partial charge in [-0.1, -0.05) is 15.9 Å². The zero-order valence-corrected chi connectivity index (χ0v) is 8.34. The van der Waals surface area contributed by atoms with Crippen molar-refractivity contribution in [1.29, 1.82) is 0 Å². The summed E-state index contributed by atoms with van der Waals surface area (Å²) >= 11 is 5.23. The van der Waals surface area contributed by atoms with Gasteiger partial charge in [0.15, 0.2) is 0 Å². The highest BCUT2D eigenvalue weighted by atomic mass is 79.9. The first kappa shape index (κ1) is 5.53. The van der Waals surface area contributed by atoms with Gasteiger partial charge in [0.2, 0.25) is 0 Å². The van der Waals surface area contributed by atoms with Crippen molar-refractivity contribution in [2.45, 2.75) is 0 Å². The van der Waals surface area contributed by atoms with Crippen LogP contribution in [-0.2, 0) is 0 Å². The molecule has 1 rings (SSSR count). The molecule has 0 N–H and O–H groups in total. The van der Waals surface area contributed by atoms with Gasteiger partial charge in [0.1, 0.15) is 0 Å². The van der Waals surface area contributed by atoms with E-state index in [-0.39, 0.29) is 0 Å². The number of hydrogen-bond donors (Lipinski definition) is 0. The molecular weight excluding hydrogens is 188 g/mol. The molecule has 0 saturated carbocycles. The highest BCUT2D eigenvalue weighted by Crippen LogP contribution is 2.07. The van der Waals surface area contributed by atoms with Crippen molar-refractivity contribution in [2.75, 3.05) is 0 Å². The van der Waals surface area contributed by atoms with Crippen molar-refractivity contribution in [3.8, 4) is 0 Å². The third-order valence-electron chi connectivity index (χ3n) is 0.796. The first-order valence-corrected chi connectivity index (χ1v) is 4.67. The lowest BCUT2D eigenvalue weighted by Gasteiger charge is -1.77. The largest absolute Gasteiger partial charge is 0.153 e. The van der Waals surface area contributed by atoms with Gasteiger partial charge in [-0.25, -0.2) is 0 Å². The number of halogens is 1. The van der Waals surface area contributed by atoms with Gasteiger partial charge in [-0.3, -0.25) is 0 Å². The Kier molecular flexibility index (Phi) is 1.67. The van der Waals surface area contributed by atoms with Crippen LogP contribution in [0.15, 0.2) is 15.9 Å². The SMILES string of the molecule is [SiH3]c1sccc1Br. The molecule has 0 aliphatic carbocycles. The van der Waals surface area contributed by atoms with Crippen LogP contribution in [0.1, 0.15) is 0 Å². The second-order valence-corrected chi connectivity index (χ2v) is 5.02. The summed E-state index contributed by atoms with van der Waals surface area (Å²) in [5, 5.41) is 2.10. The monoisotopic (exact) mass is 192 g/mol. The fraction of sp³-hybridized carbons (Fsp3) is 0. The number of rotatable bonds is 0. The van der Waals surface area contributed by atoms with Crippen molar-refractivity contribution in [3.63, 3.8) is 0 Å². The van der Waals surface area contributed by atoms with Crippen molar-refractivity contribution in [3.05, 3.63) is 15.9 Å². The summed E-state index contributed by atoms with van der Waals surface area (Å²) in [7, 11) is 1.17. The van der Waals surface area contributed by atoms with E-state index in [9.17, 15) is 0 Å². The Labute approximate surface area is 58.1 Å². The molecule has 0 atom stereocenters. The third-order valence-corrected chi connectivity index (χ3v) is 4.74. The Morgan fingerprint density at radius 3 is 2.57 bits per heavy atom. The Morgan fingerprint density at radius 2 is 2.43 bits per heavy atom. The molecule has 0 fully saturated rings. The van der Waals surface area contributed by atoms with Gasteiger partial charge in [0.25, 0.3) is 0 Å². The summed E-state index contributed by atoms with van der Waals surface area (Å²) < 4.78 is 2.77. The summed E-state index contributed by atoms with van der Waals surface area (Å²) in [4.78, 5) is 0. The Morgan fingerprint density at radius 1 is 1.71 bits per heavy atom. The molecule has 0 aliphatic rings. The van der Waals surface area contributed by atoms with E-state index in [4.69, 9.17) is 0 Å². The van der Waals surface area contributed by atoms with Crippen LogP contribution in [0.5, 0.6) is 0 Å². The van der Waals surface area contributed by atoms with E-state index in [0.29, 0.717) is 0 Å². The van der Waals surface area contributed by atoms with Crippen LogP contribution in [-0.4, -0.2) is 10.2 Å². The van der Waals surface area contributed by atoms with Gasteiger partial charge < -0.3 is 0 Å². The first-order valence-electron chi connectivity index (χ1n) is 2.00. The molecule has 0 saturated heterocycles. The van der Waals surface area contributed by atoms with Gasteiger partial charge in [0.05, 0.1) is 10.2 Å². The van der Waals surface area contributed by atoms with Gasteiger partial charge in [-0.2, -0.15) is 11.3 Å². The van der Waals surface area contributed by atoms with Crippen molar-refractivity contribution in [1.82, 2.24) is 0 Å².